The standard InChI is InChI=1S/C15H23ClN2O2/c1-15(2,19-3)8-9-20-14-7-6-12(16)13(18-14)10-17-11-4-5-11/h6-7,11,17H,4-5,8-10H2,1-3H3. The van der Waals surface area contributed by atoms with Gasteiger partial charge in [-0.2, -0.15) is 0 Å². The Bertz CT molecular complexity index is 447. The Morgan fingerprint density at radius 3 is 2.80 bits per heavy atom. The Morgan fingerprint density at radius 1 is 1.40 bits per heavy atom. The van der Waals surface area contributed by atoms with Crippen molar-refractivity contribution in [2.75, 3.05) is 13.7 Å². The summed E-state index contributed by atoms with van der Waals surface area (Å²) in [6.07, 6.45) is 3.31. The number of pyridine rings is 1. The fourth-order valence-corrected chi connectivity index (χ4v) is 1.87. The molecular formula is C15H23ClN2O2. The summed E-state index contributed by atoms with van der Waals surface area (Å²) in [4.78, 5) is 4.46. The minimum atomic E-state index is -0.178. The van der Waals surface area contributed by atoms with Crippen LogP contribution >= 0.6 is 11.6 Å². The van der Waals surface area contributed by atoms with Crippen LogP contribution in [0.3, 0.4) is 0 Å². The lowest BCUT2D eigenvalue weighted by Crippen LogP contribution is -2.25. The summed E-state index contributed by atoms with van der Waals surface area (Å²) in [5.41, 5.74) is 0.671. The molecule has 0 amide bonds. The van der Waals surface area contributed by atoms with Crippen LogP contribution in [0, 0.1) is 0 Å². The van der Waals surface area contributed by atoms with Crippen LogP contribution in [0.15, 0.2) is 12.1 Å². The molecule has 0 bridgehead atoms. The number of hydrogen-bond donors (Lipinski definition) is 1. The smallest absolute Gasteiger partial charge is 0.213 e. The van der Waals surface area contributed by atoms with Crippen LogP contribution in [0.25, 0.3) is 0 Å². The van der Waals surface area contributed by atoms with Crippen LogP contribution in [0.4, 0.5) is 0 Å². The van der Waals surface area contributed by atoms with Gasteiger partial charge < -0.3 is 14.8 Å². The fourth-order valence-electron chi connectivity index (χ4n) is 1.70. The van der Waals surface area contributed by atoms with Crippen molar-refractivity contribution in [1.82, 2.24) is 10.3 Å². The zero-order valence-corrected chi connectivity index (χ0v) is 13.2. The molecule has 5 heteroatoms. The number of halogens is 1. The fraction of sp³-hybridized carbons (Fsp3) is 0.667. The van der Waals surface area contributed by atoms with Gasteiger partial charge >= 0.3 is 0 Å². The maximum absolute atomic E-state index is 6.15. The normalized spacial score (nSPS) is 15.4. The first-order chi connectivity index (χ1) is 9.50. The Balaban J connectivity index is 1.86. The van der Waals surface area contributed by atoms with E-state index in [-0.39, 0.29) is 5.60 Å². The molecular weight excluding hydrogens is 276 g/mol. The average molecular weight is 299 g/mol. The molecule has 1 aliphatic carbocycles. The molecule has 1 aromatic rings. The highest BCUT2D eigenvalue weighted by atomic mass is 35.5. The molecule has 1 aliphatic rings. The molecule has 4 nitrogen and oxygen atoms in total. The molecule has 0 aliphatic heterocycles. The number of ether oxygens (including phenoxy) is 2. The summed E-state index contributed by atoms with van der Waals surface area (Å²) in [5.74, 6) is 0.619. The number of rotatable bonds is 8. The highest BCUT2D eigenvalue weighted by Gasteiger charge is 2.21. The topological polar surface area (TPSA) is 43.4 Å². The van der Waals surface area contributed by atoms with Gasteiger partial charge in [-0.05, 0) is 32.8 Å². The second-order valence-electron chi connectivity index (χ2n) is 5.80. The lowest BCUT2D eigenvalue weighted by molar-refractivity contribution is 0.00507. The first kappa shape index (κ1) is 15.5. The number of nitrogens with one attached hydrogen (secondary N) is 1. The first-order valence-electron chi connectivity index (χ1n) is 7.07. The van der Waals surface area contributed by atoms with E-state index >= 15 is 0 Å². The average Bonchev–Trinajstić information content (AvgIpc) is 3.23. The van der Waals surface area contributed by atoms with Crippen LogP contribution in [0.5, 0.6) is 5.88 Å². The summed E-state index contributed by atoms with van der Waals surface area (Å²) >= 11 is 6.15. The quantitative estimate of drug-likeness (QED) is 0.800. The van der Waals surface area contributed by atoms with Gasteiger partial charge in [0.25, 0.3) is 0 Å². The van der Waals surface area contributed by atoms with E-state index < -0.39 is 0 Å². The summed E-state index contributed by atoms with van der Waals surface area (Å²) in [6, 6.07) is 4.29. The molecule has 0 aromatic carbocycles. The number of aromatic nitrogens is 1. The molecule has 2 rings (SSSR count). The van der Waals surface area contributed by atoms with Crippen LogP contribution < -0.4 is 10.1 Å². The molecule has 1 fully saturated rings. The third-order valence-electron chi connectivity index (χ3n) is 3.54. The van der Waals surface area contributed by atoms with Crippen LogP contribution in [-0.4, -0.2) is 30.3 Å². The van der Waals surface area contributed by atoms with Gasteiger partial charge in [-0.15, -0.1) is 0 Å². The van der Waals surface area contributed by atoms with Crippen LogP contribution in [-0.2, 0) is 11.3 Å². The predicted molar refractivity (Wildman–Crippen MR) is 80.3 cm³/mol. The third-order valence-corrected chi connectivity index (χ3v) is 3.88. The molecule has 0 unspecified atom stereocenters. The second-order valence-corrected chi connectivity index (χ2v) is 6.20. The van der Waals surface area contributed by atoms with Crippen molar-refractivity contribution in [1.29, 1.82) is 0 Å². The third kappa shape index (κ3) is 4.93. The molecule has 1 aromatic heterocycles. The Morgan fingerprint density at radius 2 is 2.15 bits per heavy atom. The molecule has 0 spiro atoms. The van der Waals surface area contributed by atoms with Gasteiger partial charge in [0.1, 0.15) is 0 Å². The summed E-state index contributed by atoms with van der Waals surface area (Å²) in [6.45, 7) is 5.35. The molecule has 0 saturated heterocycles. The Hall–Kier alpha value is -0.840. The molecule has 1 saturated carbocycles. The van der Waals surface area contributed by atoms with Gasteiger partial charge in [0, 0.05) is 32.2 Å². The summed E-state index contributed by atoms with van der Waals surface area (Å²) in [5, 5.41) is 4.09. The van der Waals surface area contributed by atoms with Gasteiger partial charge in [0.05, 0.1) is 22.9 Å². The van der Waals surface area contributed by atoms with Gasteiger partial charge in [-0.25, -0.2) is 4.98 Å². The predicted octanol–water partition coefficient (Wildman–Crippen LogP) is 3.18. The van der Waals surface area contributed by atoms with Gasteiger partial charge in [0.2, 0.25) is 5.88 Å². The lowest BCUT2D eigenvalue weighted by Gasteiger charge is -2.22. The van der Waals surface area contributed by atoms with E-state index in [9.17, 15) is 0 Å². The second kappa shape index (κ2) is 6.74. The van der Waals surface area contributed by atoms with E-state index in [4.69, 9.17) is 21.1 Å². The summed E-state index contributed by atoms with van der Waals surface area (Å²) < 4.78 is 11.0. The molecule has 0 atom stereocenters. The monoisotopic (exact) mass is 298 g/mol. The van der Waals surface area contributed by atoms with Crippen molar-refractivity contribution in [2.45, 2.75) is 51.3 Å². The van der Waals surface area contributed by atoms with Crippen LogP contribution in [0.2, 0.25) is 5.02 Å². The van der Waals surface area contributed by atoms with Crippen LogP contribution in [0.1, 0.15) is 38.8 Å². The molecule has 112 valence electrons. The van der Waals surface area contributed by atoms with Crippen molar-refractivity contribution < 1.29 is 9.47 Å². The van der Waals surface area contributed by atoms with Crippen molar-refractivity contribution in [3.8, 4) is 5.88 Å². The van der Waals surface area contributed by atoms with E-state index in [0.29, 0.717) is 30.1 Å². The molecule has 0 radical (unpaired) electrons. The maximum Gasteiger partial charge on any atom is 0.213 e. The Kier molecular flexibility index (Phi) is 5.24. The van der Waals surface area contributed by atoms with E-state index in [2.05, 4.69) is 10.3 Å². The minimum absolute atomic E-state index is 0.178. The Labute approximate surface area is 125 Å². The van der Waals surface area contributed by atoms with Gasteiger partial charge in [0.15, 0.2) is 0 Å². The van der Waals surface area contributed by atoms with Crippen molar-refractivity contribution >= 4 is 11.6 Å². The SMILES string of the molecule is COC(C)(C)CCOc1ccc(Cl)c(CNC2CC2)n1. The van der Waals surface area contributed by atoms with Crippen molar-refractivity contribution in [3.05, 3.63) is 22.8 Å². The van der Waals surface area contributed by atoms with E-state index in [1.807, 2.05) is 26.0 Å². The summed E-state index contributed by atoms with van der Waals surface area (Å²) in [7, 11) is 1.71. The zero-order valence-electron chi connectivity index (χ0n) is 12.4. The lowest BCUT2D eigenvalue weighted by atomic mass is 10.1. The maximum atomic E-state index is 6.15. The van der Waals surface area contributed by atoms with Gasteiger partial charge in [-0.3, -0.25) is 0 Å². The highest BCUT2D eigenvalue weighted by molar-refractivity contribution is 6.31. The first-order valence-corrected chi connectivity index (χ1v) is 7.45. The van der Waals surface area contributed by atoms with E-state index in [1.165, 1.54) is 12.8 Å². The number of hydrogen-bond acceptors (Lipinski definition) is 4. The highest BCUT2D eigenvalue weighted by Crippen LogP contribution is 2.22. The zero-order chi connectivity index (χ0) is 14.6. The number of methoxy groups -OCH3 is 1. The molecule has 1 heterocycles. The van der Waals surface area contributed by atoms with E-state index in [1.54, 1.807) is 7.11 Å². The number of nitrogens with zero attached hydrogens (tertiary/aromatic N) is 1. The molecule has 20 heavy (non-hydrogen) atoms. The largest absolute Gasteiger partial charge is 0.478 e. The minimum Gasteiger partial charge on any atom is -0.478 e. The van der Waals surface area contributed by atoms with Crippen molar-refractivity contribution in [2.24, 2.45) is 0 Å². The van der Waals surface area contributed by atoms with Gasteiger partial charge in [-0.1, -0.05) is 11.6 Å². The van der Waals surface area contributed by atoms with E-state index in [0.717, 1.165) is 12.1 Å². The molecule has 1 N–H and O–H groups in total. The van der Waals surface area contributed by atoms with Crippen molar-refractivity contribution in [3.63, 3.8) is 0 Å².